The Hall–Kier alpha value is -1.62. The molecular weight excluding hydrogens is 240 g/mol. The van der Waals surface area contributed by atoms with Gasteiger partial charge in [-0.05, 0) is 37.9 Å². The van der Waals surface area contributed by atoms with E-state index in [1.165, 1.54) is 5.56 Å². The summed E-state index contributed by atoms with van der Waals surface area (Å²) in [7, 11) is 0. The second-order valence-corrected chi connectivity index (χ2v) is 4.77. The number of aromatic nitrogens is 3. The van der Waals surface area contributed by atoms with Crippen LogP contribution in [0.5, 0.6) is 0 Å². The fraction of sp³-hybridized carbons (Fsp3) is 0.571. The minimum atomic E-state index is 0.422. The lowest BCUT2D eigenvalue weighted by Gasteiger charge is -2.14. The normalized spacial score (nSPS) is 12.8. The molecule has 5 nitrogen and oxygen atoms in total. The molecule has 0 saturated heterocycles. The monoisotopic (exact) mass is 262 g/mol. The van der Waals surface area contributed by atoms with Crippen molar-refractivity contribution in [2.75, 3.05) is 6.54 Å². The van der Waals surface area contributed by atoms with Gasteiger partial charge in [0.15, 0.2) is 5.82 Å². The van der Waals surface area contributed by atoms with Crippen molar-refractivity contribution in [3.63, 3.8) is 0 Å². The summed E-state index contributed by atoms with van der Waals surface area (Å²) >= 11 is 0. The summed E-state index contributed by atoms with van der Waals surface area (Å²) in [5, 5.41) is 7.35. The molecule has 5 heteroatoms. The summed E-state index contributed by atoms with van der Waals surface area (Å²) in [5.41, 5.74) is 1.31. The third-order valence-corrected chi connectivity index (χ3v) is 3.11. The van der Waals surface area contributed by atoms with Gasteiger partial charge in [0.2, 0.25) is 5.89 Å². The molecule has 104 valence electrons. The molecule has 0 saturated carbocycles. The Morgan fingerprint density at radius 1 is 1.42 bits per heavy atom. The molecule has 2 heterocycles. The Morgan fingerprint density at radius 3 is 2.89 bits per heavy atom. The van der Waals surface area contributed by atoms with Gasteiger partial charge in [-0.1, -0.05) is 19.0 Å². The van der Waals surface area contributed by atoms with Crippen molar-refractivity contribution in [3.05, 3.63) is 35.7 Å². The zero-order valence-electron chi connectivity index (χ0n) is 11.9. The summed E-state index contributed by atoms with van der Waals surface area (Å²) in [6, 6.07) is 2.57. The van der Waals surface area contributed by atoms with E-state index in [2.05, 4.69) is 52.3 Å². The molecule has 1 atom stereocenters. The maximum absolute atomic E-state index is 5.13. The van der Waals surface area contributed by atoms with Crippen LogP contribution in [0, 0.1) is 6.92 Å². The molecule has 0 bridgehead atoms. The van der Waals surface area contributed by atoms with Crippen molar-refractivity contribution in [2.45, 2.75) is 46.2 Å². The Balaban J connectivity index is 2.01. The van der Waals surface area contributed by atoms with E-state index >= 15 is 0 Å². The lowest BCUT2D eigenvalue weighted by Crippen LogP contribution is -2.21. The van der Waals surface area contributed by atoms with Gasteiger partial charge in [-0.15, -0.1) is 0 Å². The molecule has 1 N–H and O–H groups in total. The average molecular weight is 262 g/mol. The van der Waals surface area contributed by atoms with E-state index in [1.807, 2.05) is 6.92 Å². The van der Waals surface area contributed by atoms with Crippen LogP contribution in [0.15, 0.2) is 23.0 Å². The van der Waals surface area contributed by atoms with Crippen LogP contribution in [-0.4, -0.2) is 21.3 Å². The molecule has 0 aliphatic heterocycles. The van der Waals surface area contributed by atoms with Crippen LogP contribution in [0.1, 0.15) is 50.0 Å². The molecule has 1 unspecified atom stereocenters. The zero-order chi connectivity index (χ0) is 13.7. The fourth-order valence-electron chi connectivity index (χ4n) is 2.14. The van der Waals surface area contributed by atoms with Gasteiger partial charge in [0.05, 0.1) is 0 Å². The van der Waals surface area contributed by atoms with Crippen molar-refractivity contribution in [2.24, 2.45) is 0 Å². The van der Waals surface area contributed by atoms with E-state index in [-0.39, 0.29) is 0 Å². The standard InChI is InChI=1S/C14H22N4O/c1-4-7-15-13(5-2)12-6-8-18(9-12)10-14-16-11(3)17-19-14/h6,8-9,13,15H,4-5,7,10H2,1-3H3. The highest BCUT2D eigenvalue weighted by molar-refractivity contribution is 5.15. The first-order chi connectivity index (χ1) is 9.22. The van der Waals surface area contributed by atoms with Gasteiger partial charge < -0.3 is 14.4 Å². The predicted octanol–water partition coefficient (Wildman–Crippen LogP) is 2.68. The van der Waals surface area contributed by atoms with Crippen LogP contribution in [0.25, 0.3) is 0 Å². The Bertz CT molecular complexity index is 503. The predicted molar refractivity (Wildman–Crippen MR) is 73.9 cm³/mol. The molecule has 2 aromatic rings. The molecular formula is C14H22N4O. The van der Waals surface area contributed by atoms with Gasteiger partial charge in [0.25, 0.3) is 0 Å². The second kappa shape index (κ2) is 6.52. The van der Waals surface area contributed by atoms with Gasteiger partial charge in [-0.3, -0.25) is 0 Å². The largest absolute Gasteiger partial charge is 0.345 e. The molecule has 2 rings (SSSR count). The molecule has 0 spiro atoms. The van der Waals surface area contributed by atoms with E-state index in [4.69, 9.17) is 4.52 Å². The fourth-order valence-corrected chi connectivity index (χ4v) is 2.14. The lowest BCUT2D eigenvalue weighted by molar-refractivity contribution is 0.367. The third-order valence-electron chi connectivity index (χ3n) is 3.11. The number of hydrogen-bond donors (Lipinski definition) is 1. The van der Waals surface area contributed by atoms with Crippen molar-refractivity contribution < 1.29 is 4.52 Å². The van der Waals surface area contributed by atoms with Crippen LogP contribution >= 0.6 is 0 Å². The molecule has 0 amide bonds. The topological polar surface area (TPSA) is 55.9 Å². The van der Waals surface area contributed by atoms with E-state index in [9.17, 15) is 0 Å². The highest BCUT2D eigenvalue weighted by atomic mass is 16.5. The Kier molecular flexibility index (Phi) is 4.74. The average Bonchev–Trinajstić information content (AvgIpc) is 3.01. The number of rotatable bonds is 7. The number of nitrogens with one attached hydrogen (secondary N) is 1. The molecule has 0 aliphatic carbocycles. The first kappa shape index (κ1) is 13.8. The lowest BCUT2D eigenvalue weighted by atomic mass is 10.1. The number of hydrogen-bond acceptors (Lipinski definition) is 4. The van der Waals surface area contributed by atoms with Crippen molar-refractivity contribution in [1.29, 1.82) is 0 Å². The summed E-state index contributed by atoms with van der Waals surface area (Å²) < 4.78 is 7.21. The summed E-state index contributed by atoms with van der Waals surface area (Å²) in [4.78, 5) is 4.22. The van der Waals surface area contributed by atoms with E-state index in [1.54, 1.807) is 0 Å². The minimum Gasteiger partial charge on any atom is -0.345 e. The maximum Gasteiger partial charge on any atom is 0.246 e. The van der Waals surface area contributed by atoms with Crippen LogP contribution in [0.2, 0.25) is 0 Å². The molecule has 2 aromatic heterocycles. The summed E-state index contributed by atoms with van der Waals surface area (Å²) in [6.07, 6.45) is 6.45. The zero-order valence-corrected chi connectivity index (χ0v) is 11.9. The first-order valence-corrected chi connectivity index (χ1v) is 6.91. The summed E-state index contributed by atoms with van der Waals surface area (Å²) in [5.74, 6) is 1.33. The van der Waals surface area contributed by atoms with Crippen LogP contribution in [-0.2, 0) is 6.54 Å². The quantitative estimate of drug-likeness (QED) is 0.833. The van der Waals surface area contributed by atoms with Gasteiger partial charge in [-0.2, -0.15) is 4.98 Å². The van der Waals surface area contributed by atoms with Gasteiger partial charge >= 0.3 is 0 Å². The highest BCUT2D eigenvalue weighted by Crippen LogP contribution is 2.17. The third kappa shape index (κ3) is 3.67. The van der Waals surface area contributed by atoms with Crippen molar-refractivity contribution >= 4 is 0 Å². The smallest absolute Gasteiger partial charge is 0.246 e. The Morgan fingerprint density at radius 2 is 2.26 bits per heavy atom. The summed E-state index contributed by atoms with van der Waals surface area (Å²) in [6.45, 7) is 7.89. The van der Waals surface area contributed by atoms with Crippen LogP contribution in [0.3, 0.4) is 0 Å². The molecule has 0 aliphatic rings. The van der Waals surface area contributed by atoms with Crippen molar-refractivity contribution in [3.8, 4) is 0 Å². The highest BCUT2D eigenvalue weighted by Gasteiger charge is 2.10. The minimum absolute atomic E-state index is 0.422. The second-order valence-electron chi connectivity index (χ2n) is 4.77. The molecule has 0 fully saturated rings. The van der Waals surface area contributed by atoms with E-state index in [0.717, 1.165) is 19.4 Å². The van der Waals surface area contributed by atoms with Crippen LogP contribution in [0.4, 0.5) is 0 Å². The van der Waals surface area contributed by atoms with E-state index < -0.39 is 0 Å². The first-order valence-electron chi connectivity index (χ1n) is 6.91. The van der Waals surface area contributed by atoms with Gasteiger partial charge in [-0.25, -0.2) is 0 Å². The van der Waals surface area contributed by atoms with Crippen LogP contribution < -0.4 is 5.32 Å². The van der Waals surface area contributed by atoms with Gasteiger partial charge in [0, 0.05) is 18.4 Å². The SMILES string of the molecule is CCCNC(CC)c1ccn(Cc2nc(C)no2)c1. The number of aryl methyl sites for hydroxylation is 1. The molecule has 0 aromatic carbocycles. The molecule has 19 heavy (non-hydrogen) atoms. The van der Waals surface area contributed by atoms with Gasteiger partial charge in [0.1, 0.15) is 6.54 Å². The Labute approximate surface area is 114 Å². The van der Waals surface area contributed by atoms with Crippen molar-refractivity contribution in [1.82, 2.24) is 20.0 Å². The molecule has 0 radical (unpaired) electrons. The number of nitrogens with zero attached hydrogens (tertiary/aromatic N) is 3. The van der Waals surface area contributed by atoms with E-state index in [0.29, 0.717) is 24.3 Å². The maximum atomic E-state index is 5.13.